The standard InChI is InChI=1S/C21H32N5O8PS/c1-5-33-35(29,34-6-2)15-18(27)22-14-19(28)24-9-11-25(12-10-24)36(30,31)26-8-7-17-20(26)16(3)13-23-21(17)32-4/h7-8,13H,5-6,9-12,14-15H2,1-4H3,(H,22,27). The molecule has 1 fully saturated rings. The molecule has 200 valence electrons. The molecule has 0 spiro atoms. The van der Waals surface area contributed by atoms with Crippen molar-refractivity contribution in [2.75, 3.05) is 59.2 Å². The van der Waals surface area contributed by atoms with E-state index < -0.39 is 29.9 Å². The Bertz CT molecular complexity index is 1250. The lowest BCUT2D eigenvalue weighted by atomic mass is 10.2. The summed E-state index contributed by atoms with van der Waals surface area (Å²) in [7, 11) is -6.00. The minimum atomic E-state index is -3.90. The van der Waals surface area contributed by atoms with Gasteiger partial charge in [-0.15, -0.1) is 0 Å². The summed E-state index contributed by atoms with van der Waals surface area (Å²) in [6.45, 7) is 5.49. The van der Waals surface area contributed by atoms with E-state index in [0.717, 1.165) is 0 Å². The molecule has 1 aliphatic heterocycles. The molecule has 13 nitrogen and oxygen atoms in total. The predicted octanol–water partition coefficient (Wildman–Crippen LogP) is 0.973. The van der Waals surface area contributed by atoms with E-state index in [1.54, 1.807) is 33.0 Å². The van der Waals surface area contributed by atoms with Crippen LogP contribution in [0.5, 0.6) is 5.88 Å². The van der Waals surface area contributed by atoms with E-state index in [4.69, 9.17) is 13.8 Å². The number of fused-ring (bicyclic) bond motifs is 1. The van der Waals surface area contributed by atoms with Crippen molar-refractivity contribution in [2.45, 2.75) is 20.8 Å². The number of ether oxygens (including phenoxy) is 1. The van der Waals surface area contributed by atoms with Crippen LogP contribution >= 0.6 is 7.60 Å². The van der Waals surface area contributed by atoms with Crippen molar-refractivity contribution in [3.63, 3.8) is 0 Å². The van der Waals surface area contributed by atoms with E-state index in [0.29, 0.717) is 22.3 Å². The Labute approximate surface area is 210 Å². The Hall–Kier alpha value is -2.51. The van der Waals surface area contributed by atoms with E-state index in [9.17, 15) is 22.6 Å². The lowest BCUT2D eigenvalue weighted by Gasteiger charge is -2.34. The van der Waals surface area contributed by atoms with Crippen molar-refractivity contribution < 1.29 is 36.4 Å². The van der Waals surface area contributed by atoms with Crippen molar-refractivity contribution in [1.29, 1.82) is 0 Å². The minimum Gasteiger partial charge on any atom is -0.481 e. The highest BCUT2D eigenvalue weighted by molar-refractivity contribution is 7.87. The maximum atomic E-state index is 13.4. The number of hydrogen-bond donors (Lipinski definition) is 1. The molecule has 1 N–H and O–H groups in total. The molecule has 0 unspecified atom stereocenters. The van der Waals surface area contributed by atoms with Gasteiger partial charge in [0.05, 0.1) is 37.8 Å². The third-order valence-corrected chi connectivity index (χ3v) is 9.41. The molecule has 1 saturated heterocycles. The first-order valence-electron chi connectivity index (χ1n) is 11.5. The molecule has 0 atom stereocenters. The van der Waals surface area contributed by atoms with Crippen LogP contribution in [-0.4, -0.2) is 97.6 Å². The van der Waals surface area contributed by atoms with Crippen molar-refractivity contribution in [2.24, 2.45) is 0 Å². The van der Waals surface area contributed by atoms with E-state index in [1.807, 2.05) is 0 Å². The molecule has 3 rings (SSSR count). The number of hydrogen-bond acceptors (Lipinski definition) is 9. The number of rotatable bonds is 11. The van der Waals surface area contributed by atoms with Gasteiger partial charge in [0.1, 0.15) is 6.16 Å². The fourth-order valence-corrected chi connectivity index (χ4v) is 7.02. The van der Waals surface area contributed by atoms with Crippen LogP contribution in [0.2, 0.25) is 0 Å². The highest BCUT2D eigenvalue weighted by Crippen LogP contribution is 2.47. The molecule has 0 bridgehead atoms. The van der Waals surface area contributed by atoms with Gasteiger partial charge in [0.25, 0.3) is 0 Å². The number of aryl methyl sites for hydroxylation is 1. The van der Waals surface area contributed by atoms with Crippen LogP contribution in [-0.2, 0) is 33.4 Å². The molecule has 0 radical (unpaired) electrons. The fourth-order valence-electron chi connectivity index (χ4n) is 3.95. The molecule has 2 aromatic heterocycles. The number of carbonyl (C=O) groups is 2. The van der Waals surface area contributed by atoms with Crippen molar-refractivity contribution in [3.05, 3.63) is 24.0 Å². The van der Waals surface area contributed by atoms with Crippen LogP contribution in [0.1, 0.15) is 19.4 Å². The van der Waals surface area contributed by atoms with Crippen LogP contribution in [0, 0.1) is 6.92 Å². The second-order valence-electron chi connectivity index (χ2n) is 7.99. The van der Waals surface area contributed by atoms with Crippen LogP contribution in [0.25, 0.3) is 10.9 Å². The van der Waals surface area contributed by atoms with Crippen molar-refractivity contribution in [3.8, 4) is 5.88 Å². The average Bonchev–Trinajstić information content (AvgIpc) is 3.30. The molecule has 15 heteroatoms. The first-order chi connectivity index (χ1) is 17.1. The summed E-state index contributed by atoms with van der Waals surface area (Å²) in [5.74, 6) is -0.670. The molecular weight excluding hydrogens is 513 g/mol. The Morgan fingerprint density at radius 1 is 1.14 bits per heavy atom. The summed E-state index contributed by atoms with van der Waals surface area (Å²) in [6.07, 6.45) is 2.53. The van der Waals surface area contributed by atoms with Crippen molar-refractivity contribution in [1.82, 2.24) is 23.5 Å². The molecule has 2 aromatic rings. The predicted molar refractivity (Wildman–Crippen MR) is 132 cm³/mol. The summed E-state index contributed by atoms with van der Waals surface area (Å²) >= 11 is 0. The second kappa shape index (κ2) is 11.7. The number of aromatic nitrogens is 2. The summed E-state index contributed by atoms with van der Waals surface area (Å²) in [5.41, 5.74) is 1.17. The highest BCUT2D eigenvalue weighted by Gasteiger charge is 2.32. The molecule has 2 amide bonds. The summed E-state index contributed by atoms with van der Waals surface area (Å²) in [4.78, 5) is 30.4. The Kier molecular flexibility index (Phi) is 9.12. The first-order valence-corrected chi connectivity index (χ1v) is 14.6. The number of carbonyl (C=O) groups excluding carboxylic acids is 2. The lowest BCUT2D eigenvalue weighted by Crippen LogP contribution is -2.53. The highest BCUT2D eigenvalue weighted by atomic mass is 32.2. The van der Waals surface area contributed by atoms with Gasteiger partial charge in [-0.1, -0.05) is 0 Å². The fraction of sp³-hybridized carbons (Fsp3) is 0.571. The number of methoxy groups -OCH3 is 1. The molecule has 0 aliphatic carbocycles. The molecule has 1 aliphatic rings. The number of nitrogens with one attached hydrogen (secondary N) is 1. The van der Waals surface area contributed by atoms with E-state index >= 15 is 0 Å². The maximum absolute atomic E-state index is 13.4. The summed E-state index contributed by atoms with van der Waals surface area (Å²) < 4.78 is 57.1. The SMILES string of the molecule is CCOP(=O)(CC(=O)NCC(=O)N1CCN(S(=O)(=O)n2ccc3c(OC)ncc(C)c32)CC1)OCC. The van der Waals surface area contributed by atoms with E-state index in [-0.39, 0.29) is 51.8 Å². The number of piperazine rings is 1. The Morgan fingerprint density at radius 3 is 2.36 bits per heavy atom. The van der Waals surface area contributed by atoms with Gasteiger partial charge in [0.15, 0.2) is 0 Å². The third-order valence-electron chi connectivity index (χ3n) is 5.62. The zero-order valence-electron chi connectivity index (χ0n) is 20.8. The van der Waals surface area contributed by atoms with Crippen LogP contribution in [0.15, 0.2) is 18.5 Å². The van der Waals surface area contributed by atoms with Gasteiger partial charge < -0.3 is 24.0 Å². The average molecular weight is 546 g/mol. The first kappa shape index (κ1) is 28.1. The lowest BCUT2D eigenvalue weighted by molar-refractivity contribution is -0.133. The van der Waals surface area contributed by atoms with Crippen LogP contribution < -0.4 is 10.1 Å². The number of nitrogens with zero attached hydrogens (tertiary/aromatic N) is 4. The van der Waals surface area contributed by atoms with Gasteiger partial charge in [-0.2, -0.15) is 12.7 Å². The summed E-state index contributed by atoms with van der Waals surface area (Å²) in [6, 6.07) is 1.64. The smallest absolute Gasteiger partial charge is 0.340 e. The second-order valence-corrected chi connectivity index (χ2v) is 11.9. The largest absolute Gasteiger partial charge is 0.481 e. The number of pyridine rings is 1. The van der Waals surface area contributed by atoms with Gasteiger partial charge in [-0.25, -0.2) is 8.96 Å². The molecule has 0 saturated carbocycles. The zero-order valence-corrected chi connectivity index (χ0v) is 22.5. The van der Waals surface area contributed by atoms with Crippen LogP contribution in [0.4, 0.5) is 0 Å². The molecule has 3 heterocycles. The quantitative estimate of drug-likeness (QED) is 0.408. The topological polar surface area (TPSA) is 149 Å². The van der Waals surface area contributed by atoms with E-state index in [1.165, 1.54) is 26.5 Å². The molecule has 36 heavy (non-hydrogen) atoms. The van der Waals surface area contributed by atoms with Gasteiger partial charge in [0.2, 0.25) is 17.7 Å². The monoisotopic (exact) mass is 545 g/mol. The molecular formula is C21H32N5O8PS. The molecule has 0 aromatic carbocycles. The van der Waals surface area contributed by atoms with E-state index in [2.05, 4.69) is 10.3 Å². The third kappa shape index (κ3) is 6.06. The Balaban J connectivity index is 1.59. The van der Waals surface area contributed by atoms with Gasteiger partial charge in [-0.3, -0.25) is 14.2 Å². The van der Waals surface area contributed by atoms with Crippen LogP contribution in [0.3, 0.4) is 0 Å². The summed E-state index contributed by atoms with van der Waals surface area (Å²) in [5, 5.41) is 3.02. The Morgan fingerprint density at radius 2 is 1.78 bits per heavy atom. The van der Waals surface area contributed by atoms with Crippen molar-refractivity contribution >= 4 is 40.5 Å². The maximum Gasteiger partial charge on any atom is 0.340 e. The number of amides is 2. The minimum absolute atomic E-state index is 0.0901. The van der Waals surface area contributed by atoms with Gasteiger partial charge in [-0.05, 0) is 32.4 Å². The van der Waals surface area contributed by atoms with Gasteiger partial charge in [0, 0.05) is 38.6 Å². The van der Waals surface area contributed by atoms with Gasteiger partial charge >= 0.3 is 17.8 Å². The normalized spacial score (nSPS) is 15.3. The zero-order chi connectivity index (χ0) is 26.5.